The van der Waals surface area contributed by atoms with E-state index in [1.165, 1.54) is 68.3 Å². The zero-order chi connectivity index (χ0) is 64.7. The third-order valence-electron chi connectivity index (χ3n) is 13.7. The van der Waals surface area contributed by atoms with Crippen LogP contribution in [0, 0.1) is 0 Å². The highest BCUT2D eigenvalue weighted by atomic mass is 35.5. The molecule has 4 aromatic rings. The van der Waals surface area contributed by atoms with Gasteiger partial charge in [0.1, 0.15) is 27.2 Å². The second-order valence-electron chi connectivity index (χ2n) is 20.7. The summed E-state index contributed by atoms with van der Waals surface area (Å²) in [5.74, 6) is 0.398. The smallest absolute Gasteiger partial charge is 0.334 e. The van der Waals surface area contributed by atoms with Gasteiger partial charge in [0.25, 0.3) is 20.0 Å². The van der Waals surface area contributed by atoms with Gasteiger partial charge in [0, 0.05) is 66.1 Å². The fourth-order valence-electron chi connectivity index (χ4n) is 8.68. The number of methoxy groups -OCH3 is 2. The molecule has 1 saturated carbocycles. The van der Waals surface area contributed by atoms with Crippen molar-refractivity contribution in [1.82, 2.24) is 18.8 Å². The fourth-order valence-corrected chi connectivity index (χ4v) is 11.9. The van der Waals surface area contributed by atoms with Crippen molar-refractivity contribution in [2.24, 2.45) is 11.5 Å². The average molecular weight is 1290 g/mol. The van der Waals surface area contributed by atoms with Crippen LogP contribution in [-0.2, 0) is 53.3 Å². The van der Waals surface area contributed by atoms with Crippen LogP contribution in [0.2, 0.25) is 5.02 Å². The van der Waals surface area contributed by atoms with Crippen molar-refractivity contribution >= 4 is 66.3 Å². The summed E-state index contributed by atoms with van der Waals surface area (Å²) in [6, 6.07) is 27.1. The third-order valence-corrected chi connectivity index (χ3v) is 17.8. The van der Waals surface area contributed by atoms with Crippen molar-refractivity contribution in [3.05, 3.63) is 125 Å². The molecular weight excluding hydrogens is 1190 g/mol. The van der Waals surface area contributed by atoms with E-state index in [0.29, 0.717) is 48.7 Å². The van der Waals surface area contributed by atoms with Gasteiger partial charge in [-0.15, -0.1) is 0 Å². The number of carbonyl (C=O) groups is 2. The van der Waals surface area contributed by atoms with E-state index in [1.807, 2.05) is 37.4 Å². The fraction of sp³-hybridized carbons (Fsp3) is 0.524. The summed E-state index contributed by atoms with van der Waals surface area (Å²) in [5, 5.41) is 12.9. The first-order valence-corrected chi connectivity index (χ1v) is 33.4. The number of nitrogens with two attached hydrogens (primary N) is 3. The molecule has 9 rings (SSSR count). The molecule has 22 nitrogen and oxygen atoms in total. The van der Waals surface area contributed by atoms with Crippen LogP contribution >= 0.6 is 11.6 Å². The molecule has 2 saturated heterocycles. The van der Waals surface area contributed by atoms with Crippen LogP contribution in [0.15, 0.2) is 125 Å². The minimum atomic E-state index is -3.74. The Labute approximate surface area is 529 Å². The number of fused-ring (bicyclic) bond motifs is 2. The number of hydrogen-bond acceptors (Lipinski definition) is 20. The molecule has 0 aromatic heterocycles. The minimum absolute atomic E-state index is 0.164. The van der Waals surface area contributed by atoms with Gasteiger partial charge in [-0.3, -0.25) is 13.5 Å². The third kappa shape index (κ3) is 27.3. The molecule has 4 heterocycles. The van der Waals surface area contributed by atoms with E-state index >= 15 is 0 Å². The standard InChI is InChI=1S/C17H24N2O5S.C12H14N2O4S.C10H14ClN.C7H16N2O.C7H9NO.C6H13N.C4H9NO/c1-3-4-11-24-12-7-10-19-16(13-17(20)23-2)18-14-8-5-6-9-15(14)25(19,21)22;1-3-18-12(15)8-11-13-9-6-4-5-7-10(9)19(16,17)14(11)2;1-7(2)8-4-5-10(12-3)9(11)6-8;8-2-1-3-9-4-6-10-7-5-9;1-9-7-5-3-2-4-6(7)8;7-6-4-2-1-3-5-6;1-3-6-4-2-5-1/h5-6,8-9,13,18H,3-4,7,10-12H2,1-2H3;4-8,13H,3H2,1-2H3;4-7,12H,1-3H3;1-8H2;2-5H,8H2,1H3;6H,1-5,7H2;5H,1-4H2/b16-13-;11-8-;;;;;. The molecule has 492 valence electrons. The lowest BCUT2D eigenvalue weighted by Crippen LogP contribution is -2.39. The quantitative estimate of drug-likeness (QED) is 0.0239. The van der Waals surface area contributed by atoms with Gasteiger partial charge in [-0.05, 0) is 112 Å². The van der Waals surface area contributed by atoms with Crippen LogP contribution < -0.4 is 43.2 Å². The van der Waals surface area contributed by atoms with E-state index < -0.39 is 32.0 Å². The average Bonchev–Trinajstić information content (AvgIpc) is 1.25. The number of hydrogen-bond donors (Lipinski definition) is 7. The van der Waals surface area contributed by atoms with Gasteiger partial charge < -0.3 is 66.9 Å². The molecule has 3 fully saturated rings. The van der Waals surface area contributed by atoms with Gasteiger partial charge in [0.2, 0.25) is 0 Å². The number of nitrogen functional groups attached to an aromatic ring is 1. The molecule has 0 bridgehead atoms. The molecule has 0 atom stereocenters. The van der Waals surface area contributed by atoms with E-state index in [4.69, 9.17) is 52.5 Å². The minimum Gasteiger partial charge on any atom is -0.495 e. The molecule has 4 aromatic carbocycles. The van der Waals surface area contributed by atoms with Crippen LogP contribution in [0.1, 0.15) is 97.0 Å². The molecule has 25 heteroatoms. The summed E-state index contributed by atoms with van der Waals surface area (Å²) in [6.07, 6.45) is 12.6. The monoisotopic (exact) mass is 1290 g/mol. The van der Waals surface area contributed by atoms with Crippen molar-refractivity contribution in [2.75, 3.05) is 142 Å². The van der Waals surface area contributed by atoms with Crippen molar-refractivity contribution < 1.29 is 54.8 Å². The zero-order valence-corrected chi connectivity index (χ0v) is 55.3. The highest BCUT2D eigenvalue weighted by Crippen LogP contribution is 2.34. The number of nitrogens with one attached hydrogen (secondary N) is 4. The summed E-state index contributed by atoms with van der Waals surface area (Å²) in [6.45, 7) is 19.4. The lowest BCUT2D eigenvalue weighted by molar-refractivity contribution is -0.137. The number of nitrogens with zero attached hydrogens (tertiary/aromatic N) is 3. The second-order valence-corrected chi connectivity index (χ2v) is 24.9. The number of unbranched alkanes of at least 4 members (excludes halogenated alkanes) is 1. The number of benzene rings is 4. The number of sulfonamides is 2. The number of para-hydroxylation sites is 4. The highest BCUT2D eigenvalue weighted by molar-refractivity contribution is 7.89. The van der Waals surface area contributed by atoms with Gasteiger partial charge >= 0.3 is 11.9 Å². The topological polar surface area (TPSA) is 294 Å². The lowest BCUT2D eigenvalue weighted by atomic mass is 9.97. The zero-order valence-electron chi connectivity index (χ0n) is 52.9. The molecule has 5 aliphatic rings. The number of esters is 2. The van der Waals surface area contributed by atoms with Gasteiger partial charge in [-0.2, -0.15) is 0 Å². The maximum atomic E-state index is 12.9. The summed E-state index contributed by atoms with van der Waals surface area (Å²) >= 11 is 6.01. The Morgan fingerprint density at radius 2 is 1.34 bits per heavy atom. The predicted molar refractivity (Wildman–Crippen MR) is 352 cm³/mol. The molecule has 0 spiro atoms. The largest absolute Gasteiger partial charge is 0.495 e. The Morgan fingerprint density at radius 3 is 1.84 bits per heavy atom. The summed E-state index contributed by atoms with van der Waals surface area (Å²) in [5.41, 5.74) is 20.4. The van der Waals surface area contributed by atoms with E-state index in [1.54, 1.807) is 56.5 Å². The number of halogens is 1. The number of morpholine rings is 2. The van der Waals surface area contributed by atoms with Crippen molar-refractivity contribution in [3.8, 4) is 5.75 Å². The second kappa shape index (κ2) is 42.7. The van der Waals surface area contributed by atoms with Crippen molar-refractivity contribution in [1.29, 1.82) is 0 Å². The van der Waals surface area contributed by atoms with Gasteiger partial charge in [-0.25, -0.2) is 26.4 Å². The first-order chi connectivity index (χ1) is 42.3. The van der Waals surface area contributed by atoms with Gasteiger partial charge in [0.05, 0.1) is 87.2 Å². The Balaban J connectivity index is 0.000000284. The highest BCUT2D eigenvalue weighted by Gasteiger charge is 2.34. The van der Waals surface area contributed by atoms with Crippen LogP contribution in [0.25, 0.3) is 0 Å². The van der Waals surface area contributed by atoms with E-state index in [2.05, 4.69) is 57.7 Å². The van der Waals surface area contributed by atoms with Gasteiger partial charge in [-0.1, -0.05) is 101 Å². The van der Waals surface area contributed by atoms with Crippen LogP contribution in [-0.4, -0.2) is 169 Å². The van der Waals surface area contributed by atoms with Gasteiger partial charge in [0.15, 0.2) is 0 Å². The maximum absolute atomic E-state index is 12.9. The SMILES string of the molecule is C1COCCN1.CCCCOCCCN1/C(=C\C(=O)OC)Nc2ccccc2S1(=O)=O.CCOC(=O)/C=C1/Nc2ccccc2S(=O)(=O)N1C.CNc1ccc(C(C)C)cc1Cl.COc1ccccc1N.NC1CCCCC1.NCCCN1CCOCC1. The Hall–Kier alpha value is -6.19. The van der Waals surface area contributed by atoms with E-state index in [0.717, 1.165) is 118 Å². The predicted octanol–water partition coefficient (Wildman–Crippen LogP) is 8.80. The van der Waals surface area contributed by atoms with Crippen LogP contribution in [0.5, 0.6) is 5.75 Å². The normalized spacial score (nSPS) is 17.3. The number of rotatable bonds is 16. The van der Waals surface area contributed by atoms with Crippen LogP contribution in [0.4, 0.5) is 22.7 Å². The first kappa shape index (κ1) is 76.1. The summed E-state index contributed by atoms with van der Waals surface area (Å²) < 4.78 is 82.5. The Bertz CT molecular complexity index is 2930. The lowest BCUT2D eigenvalue weighted by Gasteiger charge is -2.33. The molecule has 88 heavy (non-hydrogen) atoms. The molecule has 0 radical (unpaired) electrons. The number of ether oxygens (including phenoxy) is 6. The Morgan fingerprint density at radius 1 is 0.761 bits per heavy atom. The van der Waals surface area contributed by atoms with E-state index in [9.17, 15) is 26.4 Å². The summed E-state index contributed by atoms with van der Waals surface area (Å²) in [4.78, 5) is 25.8. The molecule has 0 amide bonds. The summed E-state index contributed by atoms with van der Waals surface area (Å²) in [7, 11) is -1.28. The molecule has 4 aliphatic heterocycles. The van der Waals surface area contributed by atoms with Crippen LogP contribution in [0.3, 0.4) is 0 Å². The number of carbonyl (C=O) groups excluding carboxylic acids is 2. The first-order valence-electron chi connectivity index (χ1n) is 30.2. The maximum Gasteiger partial charge on any atom is 0.334 e. The number of anilines is 4. The van der Waals surface area contributed by atoms with Crippen molar-refractivity contribution in [2.45, 2.75) is 107 Å². The Kier molecular flexibility index (Phi) is 36.9. The molecule has 0 unspecified atom stereocenters. The van der Waals surface area contributed by atoms with E-state index in [-0.39, 0.29) is 34.6 Å². The molecule has 1 aliphatic carbocycles. The molecule has 10 N–H and O–H groups in total. The van der Waals surface area contributed by atoms with Crippen molar-refractivity contribution in [3.63, 3.8) is 0 Å². The molecular formula is C63H99ClN10O12S2.